The number of H-pyrrole nitrogens is 2. The second-order valence-corrected chi connectivity index (χ2v) is 5.67. The number of ether oxygens (including phenoxy) is 1. The normalized spacial score (nSPS) is 15.5. The first-order valence-corrected chi connectivity index (χ1v) is 7.73. The summed E-state index contributed by atoms with van der Waals surface area (Å²) in [5, 5.41) is 9.13. The molecule has 0 atom stereocenters. The van der Waals surface area contributed by atoms with Crippen LogP contribution in [-0.2, 0) is 6.54 Å². The highest BCUT2D eigenvalue weighted by atomic mass is 16.5. The minimum absolute atomic E-state index is 0.0628. The number of aromatic amines is 2. The molecule has 0 unspecified atom stereocenters. The number of aromatic nitrogens is 2. The molecular weight excluding hydrogens is 312 g/mol. The van der Waals surface area contributed by atoms with Crippen LogP contribution in [0.25, 0.3) is 0 Å². The maximum atomic E-state index is 11.3. The molecule has 2 heterocycles. The molecule has 8 heteroatoms. The number of carboxylic acids is 1. The van der Waals surface area contributed by atoms with Gasteiger partial charge in [0.15, 0.2) is 0 Å². The largest absolute Gasteiger partial charge is 0.495 e. The van der Waals surface area contributed by atoms with E-state index in [0.717, 1.165) is 37.6 Å². The van der Waals surface area contributed by atoms with Crippen molar-refractivity contribution in [3.8, 4) is 5.75 Å². The van der Waals surface area contributed by atoms with Gasteiger partial charge >= 0.3 is 11.7 Å². The lowest BCUT2D eigenvalue weighted by Crippen LogP contribution is -2.46. The summed E-state index contributed by atoms with van der Waals surface area (Å²) in [6.07, 6.45) is 0. The van der Waals surface area contributed by atoms with Gasteiger partial charge in [-0.15, -0.1) is 0 Å². The second-order valence-electron chi connectivity index (χ2n) is 5.67. The maximum absolute atomic E-state index is 11.3. The van der Waals surface area contributed by atoms with Crippen LogP contribution in [0, 0.1) is 0 Å². The number of nitrogens with zero attached hydrogens (tertiary/aromatic N) is 2. The SMILES string of the molecule is COc1ccccc1N1CCN(Cc2[nH]c(=O)[nH]c2C(=O)O)CC1. The Balaban J connectivity index is 1.65. The highest BCUT2D eigenvalue weighted by Crippen LogP contribution is 2.28. The van der Waals surface area contributed by atoms with Gasteiger partial charge in [0.2, 0.25) is 0 Å². The van der Waals surface area contributed by atoms with Gasteiger partial charge < -0.3 is 19.7 Å². The monoisotopic (exact) mass is 332 g/mol. The van der Waals surface area contributed by atoms with E-state index in [1.807, 2.05) is 24.3 Å². The molecule has 1 aromatic heterocycles. The van der Waals surface area contributed by atoms with E-state index in [4.69, 9.17) is 9.84 Å². The Labute approximate surface area is 138 Å². The molecule has 0 bridgehead atoms. The smallest absolute Gasteiger partial charge is 0.354 e. The zero-order valence-corrected chi connectivity index (χ0v) is 13.4. The number of aromatic carboxylic acids is 1. The van der Waals surface area contributed by atoms with Crippen LogP contribution in [0.4, 0.5) is 5.69 Å². The Bertz CT molecular complexity index is 774. The van der Waals surface area contributed by atoms with E-state index in [1.165, 1.54) is 0 Å². The van der Waals surface area contributed by atoms with Crippen LogP contribution in [-0.4, -0.2) is 59.2 Å². The van der Waals surface area contributed by atoms with Crippen molar-refractivity contribution in [2.45, 2.75) is 6.54 Å². The fourth-order valence-electron chi connectivity index (χ4n) is 2.98. The van der Waals surface area contributed by atoms with E-state index < -0.39 is 11.7 Å². The highest BCUT2D eigenvalue weighted by molar-refractivity contribution is 5.86. The molecule has 1 aliphatic heterocycles. The number of benzene rings is 1. The van der Waals surface area contributed by atoms with Crippen LogP contribution in [0.5, 0.6) is 5.75 Å². The molecule has 0 amide bonds. The fraction of sp³-hybridized carbons (Fsp3) is 0.375. The van der Waals surface area contributed by atoms with Crippen molar-refractivity contribution in [3.05, 3.63) is 46.1 Å². The zero-order valence-electron chi connectivity index (χ0n) is 13.4. The molecule has 0 spiro atoms. The van der Waals surface area contributed by atoms with Crippen LogP contribution < -0.4 is 15.3 Å². The first kappa shape index (κ1) is 16.1. The Morgan fingerprint density at radius 3 is 2.58 bits per heavy atom. The van der Waals surface area contributed by atoms with E-state index in [-0.39, 0.29) is 5.69 Å². The third kappa shape index (κ3) is 3.28. The predicted molar refractivity (Wildman–Crippen MR) is 88.9 cm³/mol. The lowest BCUT2D eigenvalue weighted by molar-refractivity contribution is 0.0688. The first-order valence-electron chi connectivity index (χ1n) is 7.73. The zero-order chi connectivity index (χ0) is 17.1. The van der Waals surface area contributed by atoms with Crippen LogP contribution in [0.1, 0.15) is 16.2 Å². The number of rotatable bonds is 5. The number of carboxylic acid groups (broad SMARTS) is 1. The average Bonchev–Trinajstić information content (AvgIpc) is 2.96. The van der Waals surface area contributed by atoms with Crippen molar-refractivity contribution in [1.82, 2.24) is 14.9 Å². The molecule has 0 aliphatic carbocycles. The minimum Gasteiger partial charge on any atom is -0.495 e. The number of anilines is 1. The van der Waals surface area contributed by atoms with Crippen molar-refractivity contribution in [2.24, 2.45) is 0 Å². The number of piperazine rings is 1. The van der Waals surface area contributed by atoms with Crippen molar-refractivity contribution in [3.63, 3.8) is 0 Å². The lowest BCUT2D eigenvalue weighted by atomic mass is 10.2. The van der Waals surface area contributed by atoms with Crippen molar-refractivity contribution in [2.75, 3.05) is 38.2 Å². The third-order valence-electron chi connectivity index (χ3n) is 4.20. The lowest BCUT2D eigenvalue weighted by Gasteiger charge is -2.36. The molecule has 24 heavy (non-hydrogen) atoms. The van der Waals surface area contributed by atoms with Gasteiger partial charge in [0, 0.05) is 32.7 Å². The predicted octanol–water partition coefficient (Wildman–Crippen LogP) is 0.732. The number of nitrogens with one attached hydrogen (secondary N) is 2. The van der Waals surface area contributed by atoms with E-state index in [1.54, 1.807) is 7.11 Å². The molecule has 1 saturated heterocycles. The first-order chi connectivity index (χ1) is 11.6. The van der Waals surface area contributed by atoms with E-state index in [0.29, 0.717) is 12.2 Å². The van der Waals surface area contributed by atoms with Crippen LogP contribution >= 0.6 is 0 Å². The van der Waals surface area contributed by atoms with Gasteiger partial charge in [0.1, 0.15) is 11.4 Å². The summed E-state index contributed by atoms with van der Waals surface area (Å²) < 4.78 is 5.40. The fourth-order valence-corrected chi connectivity index (χ4v) is 2.98. The molecule has 1 aromatic carbocycles. The van der Waals surface area contributed by atoms with Gasteiger partial charge in [-0.2, -0.15) is 0 Å². The quantitative estimate of drug-likeness (QED) is 0.746. The summed E-state index contributed by atoms with van der Waals surface area (Å²) in [7, 11) is 1.66. The number of hydrogen-bond acceptors (Lipinski definition) is 5. The molecule has 128 valence electrons. The van der Waals surface area contributed by atoms with E-state index in [2.05, 4.69) is 19.8 Å². The van der Waals surface area contributed by atoms with Crippen molar-refractivity contribution < 1.29 is 14.6 Å². The summed E-state index contributed by atoms with van der Waals surface area (Å²) in [6, 6.07) is 7.88. The van der Waals surface area contributed by atoms with Gasteiger partial charge in [-0.25, -0.2) is 9.59 Å². The number of methoxy groups -OCH3 is 1. The Morgan fingerprint density at radius 2 is 1.92 bits per heavy atom. The van der Waals surface area contributed by atoms with Crippen molar-refractivity contribution in [1.29, 1.82) is 0 Å². The molecule has 3 N–H and O–H groups in total. The second kappa shape index (κ2) is 6.79. The molecule has 2 aromatic rings. The molecule has 0 saturated carbocycles. The van der Waals surface area contributed by atoms with Gasteiger partial charge in [-0.05, 0) is 12.1 Å². The maximum Gasteiger partial charge on any atom is 0.354 e. The summed E-state index contributed by atoms with van der Waals surface area (Å²) in [4.78, 5) is 31.8. The Hall–Kier alpha value is -2.74. The summed E-state index contributed by atoms with van der Waals surface area (Å²) in [5.74, 6) is -0.287. The molecule has 1 aliphatic rings. The van der Waals surface area contributed by atoms with Crippen molar-refractivity contribution >= 4 is 11.7 Å². The number of para-hydroxylation sites is 2. The number of imidazole rings is 1. The van der Waals surface area contributed by atoms with Crippen LogP contribution in [0.3, 0.4) is 0 Å². The van der Waals surface area contributed by atoms with Crippen LogP contribution in [0.15, 0.2) is 29.1 Å². The molecular formula is C16H20N4O4. The number of hydrogen-bond donors (Lipinski definition) is 3. The van der Waals surface area contributed by atoms with Gasteiger partial charge in [-0.1, -0.05) is 12.1 Å². The summed E-state index contributed by atoms with van der Waals surface area (Å²) in [6.45, 7) is 3.55. The highest BCUT2D eigenvalue weighted by Gasteiger charge is 2.22. The molecule has 8 nitrogen and oxygen atoms in total. The minimum atomic E-state index is -1.13. The molecule has 3 rings (SSSR count). The average molecular weight is 332 g/mol. The van der Waals surface area contributed by atoms with E-state index >= 15 is 0 Å². The van der Waals surface area contributed by atoms with Gasteiger partial charge in [-0.3, -0.25) is 9.88 Å². The third-order valence-corrected chi connectivity index (χ3v) is 4.20. The summed E-state index contributed by atoms with van der Waals surface area (Å²) in [5.41, 5.74) is 0.918. The molecule has 0 radical (unpaired) electrons. The topological polar surface area (TPSA) is 102 Å². The Morgan fingerprint density at radius 1 is 1.21 bits per heavy atom. The standard InChI is InChI=1S/C16H20N4O4/c1-24-13-5-3-2-4-12(13)20-8-6-19(7-9-20)10-11-14(15(21)22)18-16(23)17-11/h2-5H,6-10H2,1H3,(H,21,22)(H2,17,18,23). The van der Waals surface area contributed by atoms with E-state index in [9.17, 15) is 9.59 Å². The Kier molecular flexibility index (Phi) is 4.57. The van der Waals surface area contributed by atoms with Gasteiger partial charge in [0.05, 0.1) is 18.5 Å². The van der Waals surface area contributed by atoms with Crippen LogP contribution in [0.2, 0.25) is 0 Å². The molecule has 1 fully saturated rings. The summed E-state index contributed by atoms with van der Waals surface area (Å²) >= 11 is 0. The number of carbonyl (C=O) groups is 1. The van der Waals surface area contributed by atoms with Gasteiger partial charge in [0.25, 0.3) is 0 Å².